The second kappa shape index (κ2) is 7.57. The average Bonchev–Trinajstić information content (AvgIpc) is 3.33. The van der Waals surface area contributed by atoms with Gasteiger partial charge in [-0.2, -0.15) is 5.10 Å². The summed E-state index contributed by atoms with van der Waals surface area (Å²) in [4.78, 5) is 15.1. The predicted molar refractivity (Wildman–Crippen MR) is 110 cm³/mol. The van der Waals surface area contributed by atoms with E-state index in [1.165, 1.54) is 0 Å². The van der Waals surface area contributed by atoms with E-state index in [1.54, 1.807) is 35.1 Å². The lowest BCUT2D eigenvalue weighted by molar-refractivity contribution is -0.139. The molecule has 1 saturated carbocycles. The first-order valence-electron chi connectivity index (χ1n) is 10.2. The molecule has 2 fully saturated rings. The minimum atomic E-state index is -3.59. The molecule has 2 aliphatic rings. The molecule has 8 heteroatoms. The van der Waals surface area contributed by atoms with E-state index in [2.05, 4.69) is 9.82 Å². The van der Waals surface area contributed by atoms with Crippen molar-refractivity contribution in [2.45, 2.75) is 62.9 Å². The molecule has 1 spiro atoms. The number of sulfonamides is 1. The number of amides is 1. The standard InChI is InChI=1S/C21H28N4O3S/c1-16(2)24-15-12-21(20(24)26)10-8-17(9-11-21)23-29(27,28)19-6-4-18(5-7-19)25-14-3-13-22-25/h3-7,13-14,16-17,23H,8-12,15H2,1-2H3. The zero-order chi connectivity index (χ0) is 20.6. The van der Waals surface area contributed by atoms with Crippen LogP contribution in [0.5, 0.6) is 0 Å². The topological polar surface area (TPSA) is 84.3 Å². The van der Waals surface area contributed by atoms with Crippen LogP contribution in [-0.4, -0.2) is 47.6 Å². The summed E-state index contributed by atoms with van der Waals surface area (Å²) in [5, 5.41) is 4.15. The highest BCUT2D eigenvalue weighted by molar-refractivity contribution is 7.89. The Bertz CT molecular complexity index is 960. The van der Waals surface area contributed by atoms with Crippen LogP contribution in [0, 0.1) is 5.41 Å². The third-order valence-electron chi connectivity index (χ3n) is 6.35. The minimum Gasteiger partial charge on any atom is -0.340 e. The number of rotatable bonds is 5. The number of carbonyl (C=O) groups is 1. The van der Waals surface area contributed by atoms with Crippen LogP contribution in [0.2, 0.25) is 0 Å². The van der Waals surface area contributed by atoms with Gasteiger partial charge in [-0.15, -0.1) is 0 Å². The highest BCUT2D eigenvalue weighted by atomic mass is 32.2. The molecule has 0 radical (unpaired) electrons. The van der Waals surface area contributed by atoms with Crippen molar-refractivity contribution in [1.82, 2.24) is 19.4 Å². The number of nitrogens with zero attached hydrogens (tertiary/aromatic N) is 3. The van der Waals surface area contributed by atoms with E-state index in [1.807, 2.05) is 31.0 Å². The molecule has 1 aromatic heterocycles. The quantitative estimate of drug-likeness (QED) is 0.812. The van der Waals surface area contributed by atoms with Crippen molar-refractivity contribution in [1.29, 1.82) is 0 Å². The van der Waals surface area contributed by atoms with E-state index >= 15 is 0 Å². The molecule has 29 heavy (non-hydrogen) atoms. The van der Waals surface area contributed by atoms with Crippen LogP contribution in [-0.2, 0) is 14.8 Å². The Morgan fingerprint density at radius 2 is 1.83 bits per heavy atom. The SMILES string of the molecule is CC(C)N1CCC2(CCC(NS(=O)(=O)c3ccc(-n4cccn4)cc3)CC2)C1=O. The second-order valence-corrected chi connectivity index (χ2v) is 10.2. The molecule has 1 amide bonds. The molecule has 1 saturated heterocycles. The maximum absolute atomic E-state index is 12.8. The summed E-state index contributed by atoms with van der Waals surface area (Å²) in [7, 11) is -3.59. The molecule has 2 heterocycles. The highest BCUT2D eigenvalue weighted by Crippen LogP contribution is 2.45. The van der Waals surface area contributed by atoms with Gasteiger partial charge >= 0.3 is 0 Å². The fraction of sp³-hybridized carbons (Fsp3) is 0.524. The van der Waals surface area contributed by atoms with Crippen molar-refractivity contribution in [2.24, 2.45) is 5.41 Å². The number of nitrogens with one attached hydrogen (secondary N) is 1. The lowest BCUT2D eigenvalue weighted by Gasteiger charge is -2.36. The van der Waals surface area contributed by atoms with Crippen molar-refractivity contribution in [3.8, 4) is 5.69 Å². The largest absolute Gasteiger partial charge is 0.340 e. The minimum absolute atomic E-state index is 0.127. The molecule has 0 atom stereocenters. The summed E-state index contributed by atoms with van der Waals surface area (Å²) < 4.78 is 30.1. The smallest absolute Gasteiger partial charge is 0.240 e. The Morgan fingerprint density at radius 3 is 2.38 bits per heavy atom. The van der Waals surface area contributed by atoms with Crippen molar-refractivity contribution in [3.63, 3.8) is 0 Å². The van der Waals surface area contributed by atoms with Crippen LogP contribution < -0.4 is 4.72 Å². The van der Waals surface area contributed by atoms with Gasteiger partial charge in [0, 0.05) is 31.0 Å². The maximum Gasteiger partial charge on any atom is 0.240 e. The Kier molecular flexibility index (Phi) is 5.25. The van der Waals surface area contributed by atoms with Crippen LogP contribution in [0.3, 0.4) is 0 Å². The average molecular weight is 417 g/mol. The Hall–Kier alpha value is -2.19. The molecule has 156 valence electrons. The predicted octanol–water partition coefficient (Wildman–Crippen LogP) is 2.72. The Balaban J connectivity index is 1.39. The van der Waals surface area contributed by atoms with Crippen LogP contribution in [0.4, 0.5) is 0 Å². The summed E-state index contributed by atoms with van der Waals surface area (Å²) in [6.45, 7) is 4.91. The van der Waals surface area contributed by atoms with Crippen LogP contribution >= 0.6 is 0 Å². The van der Waals surface area contributed by atoms with Crippen molar-refractivity contribution in [3.05, 3.63) is 42.7 Å². The second-order valence-electron chi connectivity index (χ2n) is 8.46. The fourth-order valence-corrected chi connectivity index (χ4v) is 5.88. The first-order chi connectivity index (χ1) is 13.8. The third kappa shape index (κ3) is 3.83. The Morgan fingerprint density at radius 1 is 1.14 bits per heavy atom. The summed E-state index contributed by atoms with van der Waals surface area (Å²) >= 11 is 0. The van der Waals surface area contributed by atoms with Gasteiger partial charge in [0.15, 0.2) is 0 Å². The number of hydrogen-bond donors (Lipinski definition) is 1. The number of benzene rings is 1. The van der Waals surface area contributed by atoms with Gasteiger partial charge in [-0.3, -0.25) is 4.79 Å². The van der Waals surface area contributed by atoms with Gasteiger partial charge in [0.25, 0.3) is 0 Å². The monoisotopic (exact) mass is 416 g/mol. The molecule has 1 N–H and O–H groups in total. The molecule has 1 aromatic carbocycles. The van der Waals surface area contributed by atoms with Crippen molar-refractivity contribution in [2.75, 3.05) is 6.54 Å². The molecular weight excluding hydrogens is 388 g/mol. The number of likely N-dealkylation sites (tertiary alicyclic amines) is 1. The van der Waals surface area contributed by atoms with Crippen molar-refractivity contribution >= 4 is 15.9 Å². The number of hydrogen-bond acceptors (Lipinski definition) is 4. The summed E-state index contributed by atoms with van der Waals surface area (Å²) in [6, 6.07) is 8.61. The van der Waals surface area contributed by atoms with Crippen LogP contribution in [0.25, 0.3) is 5.69 Å². The Labute approximate surface area is 172 Å². The summed E-state index contributed by atoms with van der Waals surface area (Å²) in [5.41, 5.74) is 0.528. The molecule has 0 unspecified atom stereocenters. The summed E-state index contributed by atoms with van der Waals surface area (Å²) in [5.74, 6) is 0.253. The van der Waals surface area contributed by atoms with Gasteiger partial charge in [-0.05, 0) is 76.3 Å². The van der Waals surface area contributed by atoms with Crippen molar-refractivity contribution < 1.29 is 13.2 Å². The van der Waals surface area contributed by atoms with Gasteiger partial charge in [0.05, 0.1) is 16.0 Å². The van der Waals surface area contributed by atoms with Crippen LogP contribution in [0.1, 0.15) is 46.0 Å². The first kappa shape index (κ1) is 20.1. The highest BCUT2D eigenvalue weighted by Gasteiger charge is 2.49. The molecule has 0 bridgehead atoms. The van der Waals surface area contributed by atoms with E-state index in [0.29, 0.717) is 12.8 Å². The zero-order valence-corrected chi connectivity index (χ0v) is 17.7. The molecule has 2 aromatic rings. The van der Waals surface area contributed by atoms with Gasteiger partial charge in [0.2, 0.25) is 15.9 Å². The van der Waals surface area contributed by atoms with Crippen LogP contribution in [0.15, 0.2) is 47.6 Å². The van der Waals surface area contributed by atoms with E-state index in [9.17, 15) is 13.2 Å². The normalized spacial score (nSPS) is 25.3. The van der Waals surface area contributed by atoms with Gasteiger partial charge in [0.1, 0.15) is 0 Å². The zero-order valence-electron chi connectivity index (χ0n) is 16.9. The van der Waals surface area contributed by atoms with Gasteiger partial charge in [-0.1, -0.05) is 0 Å². The van der Waals surface area contributed by atoms with E-state index in [4.69, 9.17) is 0 Å². The van der Waals surface area contributed by atoms with Gasteiger partial charge in [-0.25, -0.2) is 17.8 Å². The van der Waals surface area contributed by atoms with E-state index < -0.39 is 10.0 Å². The first-order valence-corrected chi connectivity index (χ1v) is 11.7. The number of carbonyl (C=O) groups excluding carboxylic acids is 1. The lowest BCUT2D eigenvalue weighted by Crippen LogP contribution is -2.44. The van der Waals surface area contributed by atoms with Gasteiger partial charge < -0.3 is 4.90 Å². The molecule has 1 aliphatic heterocycles. The molecule has 4 rings (SSSR count). The summed E-state index contributed by atoms with van der Waals surface area (Å²) in [6.07, 6.45) is 7.27. The maximum atomic E-state index is 12.8. The molecule has 1 aliphatic carbocycles. The molecule has 7 nitrogen and oxygen atoms in total. The molecular formula is C21H28N4O3S. The van der Waals surface area contributed by atoms with E-state index in [-0.39, 0.29) is 28.3 Å². The number of aromatic nitrogens is 2. The third-order valence-corrected chi connectivity index (χ3v) is 7.89. The fourth-order valence-electron chi connectivity index (χ4n) is 4.58. The van der Waals surface area contributed by atoms with E-state index in [0.717, 1.165) is 31.5 Å². The lowest BCUT2D eigenvalue weighted by atomic mass is 9.71.